The van der Waals surface area contributed by atoms with Crippen LogP contribution in [-0.4, -0.2) is 33.3 Å². The average molecular weight is 223 g/mol. The summed E-state index contributed by atoms with van der Waals surface area (Å²) in [7, 11) is 0. The summed E-state index contributed by atoms with van der Waals surface area (Å²) in [5.41, 5.74) is 1.77. The van der Waals surface area contributed by atoms with Crippen molar-refractivity contribution in [2.75, 3.05) is 6.54 Å². The van der Waals surface area contributed by atoms with Gasteiger partial charge >= 0.3 is 6.09 Å². The first-order chi connectivity index (χ1) is 7.46. The van der Waals surface area contributed by atoms with Gasteiger partial charge in [-0.2, -0.15) is 5.10 Å². The molecule has 0 atom stereocenters. The molecule has 0 spiro atoms. The van der Waals surface area contributed by atoms with Gasteiger partial charge in [-0.15, -0.1) is 0 Å². The summed E-state index contributed by atoms with van der Waals surface area (Å²) in [5, 5.41) is 6.87. The molecule has 0 bridgehead atoms. The third kappa shape index (κ3) is 2.35. The molecule has 0 saturated heterocycles. The molecule has 1 aromatic rings. The zero-order chi connectivity index (χ0) is 11.8. The van der Waals surface area contributed by atoms with E-state index in [1.54, 1.807) is 4.90 Å². The van der Waals surface area contributed by atoms with Crippen LogP contribution in [0.1, 0.15) is 32.0 Å². The van der Waals surface area contributed by atoms with Crippen LogP contribution in [-0.2, 0) is 17.7 Å². The maximum absolute atomic E-state index is 11.8. The number of rotatable bonds is 0. The van der Waals surface area contributed by atoms with E-state index in [4.69, 9.17) is 4.74 Å². The Morgan fingerprint density at radius 2 is 2.31 bits per heavy atom. The molecule has 1 aliphatic heterocycles. The largest absolute Gasteiger partial charge is 0.444 e. The quantitative estimate of drug-likeness (QED) is 0.728. The fourth-order valence-corrected chi connectivity index (χ4v) is 1.70. The topological polar surface area (TPSA) is 58.2 Å². The van der Waals surface area contributed by atoms with Gasteiger partial charge in [0, 0.05) is 6.54 Å². The highest BCUT2D eigenvalue weighted by Crippen LogP contribution is 2.18. The second kappa shape index (κ2) is 3.81. The smallest absolute Gasteiger partial charge is 0.410 e. The summed E-state index contributed by atoms with van der Waals surface area (Å²) in [6, 6.07) is 0. The Kier molecular flexibility index (Phi) is 2.61. The summed E-state index contributed by atoms with van der Waals surface area (Å²) in [4.78, 5) is 13.5. The molecule has 0 saturated carbocycles. The summed E-state index contributed by atoms with van der Waals surface area (Å²) < 4.78 is 5.32. The van der Waals surface area contributed by atoms with Crippen molar-refractivity contribution in [3.8, 4) is 0 Å². The van der Waals surface area contributed by atoms with Crippen LogP contribution in [0.15, 0.2) is 6.20 Å². The monoisotopic (exact) mass is 223 g/mol. The van der Waals surface area contributed by atoms with Gasteiger partial charge in [0.1, 0.15) is 5.60 Å². The standard InChI is InChI=1S/C11H17N3O2/c1-11(2,3)16-10(15)14-5-4-8-6-12-13-9(8)7-14/h6H,4-5,7H2,1-3H3,(H,12,13). The second-order valence-corrected chi connectivity index (χ2v) is 5.03. The summed E-state index contributed by atoms with van der Waals surface area (Å²) >= 11 is 0. The van der Waals surface area contributed by atoms with E-state index in [-0.39, 0.29) is 6.09 Å². The molecule has 88 valence electrons. The number of amides is 1. The molecule has 0 unspecified atom stereocenters. The number of fused-ring (bicyclic) bond motifs is 1. The summed E-state index contributed by atoms with van der Waals surface area (Å²) in [5.74, 6) is 0. The average Bonchev–Trinajstić information content (AvgIpc) is 2.61. The normalized spacial score (nSPS) is 15.8. The highest BCUT2D eigenvalue weighted by atomic mass is 16.6. The molecular formula is C11H17N3O2. The van der Waals surface area contributed by atoms with Crippen LogP contribution in [0, 0.1) is 0 Å². The Bertz CT molecular complexity index is 392. The molecule has 0 aliphatic carbocycles. The van der Waals surface area contributed by atoms with Gasteiger partial charge in [0.05, 0.1) is 18.4 Å². The van der Waals surface area contributed by atoms with E-state index in [1.807, 2.05) is 27.0 Å². The van der Waals surface area contributed by atoms with Gasteiger partial charge in [0.25, 0.3) is 0 Å². The molecule has 1 amide bonds. The van der Waals surface area contributed by atoms with Crippen LogP contribution in [0.5, 0.6) is 0 Å². The Morgan fingerprint density at radius 3 is 3.00 bits per heavy atom. The van der Waals surface area contributed by atoms with E-state index < -0.39 is 5.60 Å². The highest BCUT2D eigenvalue weighted by molar-refractivity contribution is 5.68. The lowest BCUT2D eigenvalue weighted by molar-refractivity contribution is 0.0221. The molecule has 0 fully saturated rings. The third-order valence-electron chi connectivity index (χ3n) is 2.46. The maximum Gasteiger partial charge on any atom is 0.410 e. The van der Waals surface area contributed by atoms with Crippen molar-refractivity contribution in [3.05, 3.63) is 17.5 Å². The molecule has 5 nitrogen and oxygen atoms in total. The molecule has 1 aliphatic rings. The van der Waals surface area contributed by atoms with Crippen molar-refractivity contribution < 1.29 is 9.53 Å². The predicted molar refractivity (Wildman–Crippen MR) is 58.9 cm³/mol. The van der Waals surface area contributed by atoms with E-state index >= 15 is 0 Å². The zero-order valence-corrected chi connectivity index (χ0v) is 9.91. The molecule has 0 aromatic carbocycles. The number of aromatic nitrogens is 2. The Morgan fingerprint density at radius 1 is 1.56 bits per heavy atom. The Balaban J connectivity index is 2.01. The van der Waals surface area contributed by atoms with Crippen molar-refractivity contribution in [3.63, 3.8) is 0 Å². The van der Waals surface area contributed by atoms with Crippen molar-refractivity contribution in [1.29, 1.82) is 0 Å². The molecule has 16 heavy (non-hydrogen) atoms. The Hall–Kier alpha value is -1.52. The van der Waals surface area contributed by atoms with Crippen LogP contribution in [0.25, 0.3) is 0 Å². The summed E-state index contributed by atoms with van der Waals surface area (Å²) in [6.07, 6.45) is 2.40. The second-order valence-electron chi connectivity index (χ2n) is 5.03. The number of carbonyl (C=O) groups excluding carboxylic acids is 1. The van der Waals surface area contributed by atoms with Crippen LogP contribution >= 0.6 is 0 Å². The number of aromatic amines is 1. The lowest BCUT2D eigenvalue weighted by Crippen LogP contribution is -2.39. The van der Waals surface area contributed by atoms with Gasteiger partial charge in [-0.1, -0.05) is 0 Å². The number of carbonyl (C=O) groups is 1. The maximum atomic E-state index is 11.8. The highest BCUT2D eigenvalue weighted by Gasteiger charge is 2.26. The van der Waals surface area contributed by atoms with Crippen LogP contribution in [0.4, 0.5) is 4.79 Å². The van der Waals surface area contributed by atoms with Crippen molar-refractivity contribution >= 4 is 6.09 Å². The molecule has 2 rings (SSSR count). The van der Waals surface area contributed by atoms with Crippen molar-refractivity contribution in [2.45, 2.75) is 39.3 Å². The summed E-state index contributed by atoms with van der Waals surface area (Å²) in [6.45, 7) is 6.87. The first-order valence-corrected chi connectivity index (χ1v) is 5.45. The first kappa shape index (κ1) is 11.0. The van der Waals surface area contributed by atoms with E-state index in [2.05, 4.69) is 10.2 Å². The van der Waals surface area contributed by atoms with Crippen LogP contribution < -0.4 is 0 Å². The number of nitrogens with zero attached hydrogens (tertiary/aromatic N) is 2. The number of hydrogen-bond acceptors (Lipinski definition) is 3. The molecular weight excluding hydrogens is 206 g/mol. The van der Waals surface area contributed by atoms with Gasteiger partial charge in [-0.05, 0) is 32.8 Å². The molecule has 1 aromatic heterocycles. The van der Waals surface area contributed by atoms with Gasteiger partial charge in [-0.3, -0.25) is 5.10 Å². The van der Waals surface area contributed by atoms with Crippen molar-refractivity contribution in [1.82, 2.24) is 15.1 Å². The van der Waals surface area contributed by atoms with Gasteiger partial charge in [0.2, 0.25) is 0 Å². The van der Waals surface area contributed by atoms with Gasteiger partial charge in [0.15, 0.2) is 0 Å². The lowest BCUT2D eigenvalue weighted by atomic mass is 10.1. The minimum atomic E-state index is -0.439. The van der Waals surface area contributed by atoms with Gasteiger partial charge in [-0.25, -0.2) is 4.79 Å². The van der Waals surface area contributed by atoms with Crippen molar-refractivity contribution in [2.24, 2.45) is 0 Å². The molecule has 2 heterocycles. The van der Waals surface area contributed by atoms with Crippen LogP contribution in [0.3, 0.4) is 0 Å². The number of nitrogens with one attached hydrogen (secondary N) is 1. The number of ether oxygens (including phenoxy) is 1. The van der Waals surface area contributed by atoms with E-state index in [1.165, 1.54) is 5.56 Å². The molecule has 1 N–H and O–H groups in total. The van der Waals surface area contributed by atoms with Crippen LogP contribution in [0.2, 0.25) is 0 Å². The third-order valence-corrected chi connectivity index (χ3v) is 2.46. The number of H-pyrrole nitrogens is 1. The fourth-order valence-electron chi connectivity index (χ4n) is 1.70. The minimum absolute atomic E-state index is 0.257. The lowest BCUT2D eigenvalue weighted by Gasteiger charge is -2.29. The van der Waals surface area contributed by atoms with E-state index in [0.29, 0.717) is 13.1 Å². The molecule has 0 radical (unpaired) electrons. The van der Waals surface area contributed by atoms with Gasteiger partial charge < -0.3 is 9.64 Å². The molecule has 5 heteroatoms. The SMILES string of the molecule is CC(C)(C)OC(=O)N1CCc2cn[nH]c2C1. The van der Waals surface area contributed by atoms with E-state index in [9.17, 15) is 4.79 Å². The van der Waals surface area contributed by atoms with E-state index in [0.717, 1.165) is 12.1 Å². The zero-order valence-electron chi connectivity index (χ0n) is 9.91. The number of hydrogen-bond donors (Lipinski definition) is 1. The fraction of sp³-hybridized carbons (Fsp3) is 0.636. The minimum Gasteiger partial charge on any atom is -0.444 e. The first-order valence-electron chi connectivity index (χ1n) is 5.45. The predicted octanol–water partition coefficient (Wildman–Crippen LogP) is 1.70. The Labute approximate surface area is 94.8 Å².